The first-order valence-electron chi connectivity index (χ1n) is 6.93. The zero-order chi connectivity index (χ0) is 14.4. The van der Waals surface area contributed by atoms with Crippen molar-refractivity contribution in [2.24, 2.45) is 0 Å². The molecule has 0 unspecified atom stereocenters. The highest BCUT2D eigenvalue weighted by molar-refractivity contribution is 8.00. The van der Waals surface area contributed by atoms with E-state index in [1.165, 1.54) is 11.8 Å². The largest absolute Gasteiger partial charge is 0.480 e. The molecule has 110 valence electrons. The van der Waals surface area contributed by atoms with Gasteiger partial charge in [-0.3, -0.25) is 9.59 Å². The van der Waals surface area contributed by atoms with Crippen molar-refractivity contribution in [3.8, 4) is 0 Å². The lowest BCUT2D eigenvalue weighted by Gasteiger charge is -2.34. The zero-order valence-corrected chi connectivity index (χ0v) is 12.1. The standard InChI is InChI=1S/C13H18N2O4S/c1-7(16)14-5-9-4-11(14)12(17)15-8(6-20-9)2-3-10(15)13(18)19/h8-11H,2-6H2,1H3,(H,18,19)/t8-,9-,10-,11-/m0/s1. The van der Waals surface area contributed by atoms with Crippen LogP contribution in [0.15, 0.2) is 0 Å². The lowest BCUT2D eigenvalue weighted by Crippen LogP contribution is -2.53. The van der Waals surface area contributed by atoms with Crippen molar-refractivity contribution < 1.29 is 19.5 Å². The second kappa shape index (κ2) is 4.95. The van der Waals surface area contributed by atoms with E-state index in [9.17, 15) is 19.5 Å². The van der Waals surface area contributed by atoms with Gasteiger partial charge < -0.3 is 14.9 Å². The van der Waals surface area contributed by atoms with Crippen molar-refractivity contribution in [2.75, 3.05) is 12.3 Å². The maximum Gasteiger partial charge on any atom is 0.326 e. The molecule has 3 aliphatic heterocycles. The van der Waals surface area contributed by atoms with Gasteiger partial charge >= 0.3 is 5.97 Å². The Labute approximate surface area is 121 Å². The molecule has 2 bridgehead atoms. The predicted molar refractivity (Wildman–Crippen MR) is 73.3 cm³/mol. The lowest BCUT2D eigenvalue weighted by atomic mass is 10.1. The van der Waals surface area contributed by atoms with Gasteiger partial charge in [-0.25, -0.2) is 4.79 Å². The van der Waals surface area contributed by atoms with Gasteiger partial charge in [0.15, 0.2) is 0 Å². The average Bonchev–Trinajstić information content (AvgIpc) is 2.98. The van der Waals surface area contributed by atoms with Crippen molar-refractivity contribution in [3.05, 3.63) is 0 Å². The highest BCUT2D eigenvalue weighted by Gasteiger charge is 2.49. The normalized spacial score (nSPS) is 36.5. The summed E-state index contributed by atoms with van der Waals surface area (Å²) in [6.07, 6.45) is 1.91. The van der Waals surface area contributed by atoms with Crippen molar-refractivity contribution in [2.45, 2.75) is 49.6 Å². The molecule has 3 heterocycles. The van der Waals surface area contributed by atoms with Crippen LogP contribution in [0.4, 0.5) is 0 Å². The number of carbonyl (C=O) groups excluding carboxylic acids is 2. The van der Waals surface area contributed by atoms with Crippen molar-refractivity contribution >= 4 is 29.5 Å². The van der Waals surface area contributed by atoms with Crippen LogP contribution in [-0.4, -0.2) is 68.4 Å². The van der Waals surface area contributed by atoms with E-state index in [0.29, 0.717) is 24.6 Å². The molecule has 0 spiro atoms. The molecule has 0 aliphatic carbocycles. The summed E-state index contributed by atoms with van der Waals surface area (Å²) in [7, 11) is 0. The van der Waals surface area contributed by atoms with Crippen LogP contribution in [0, 0.1) is 0 Å². The zero-order valence-electron chi connectivity index (χ0n) is 11.3. The number of aliphatic carboxylic acids is 1. The molecule has 0 aromatic carbocycles. The van der Waals surface area contributed by atoms with Gasteiger partial charge in [0.1, 0.15) is 12.1 Å². The highest BCUT2D eigenvalue weighted by Crippen LogP contribution is 2.37. The first-order valence-corrected chi connectivity index (χ1v) is 7.97. The molecule has 3 aliphatic rings. The molecule has 0 aromatic heterocycles. The van der Waals surface area contributed by atoms with Gasteiger partial charge in [0.2, 0.25) is 11.8 Å². The number of rotatable bonds is 1. The number of nitrogens with zero attached hydrogens (tertiary/aromatic N) is 2. The first kappa shape index (κ1) is 13.7. The minimum Gasteiger partial charge on any atom is -0.480 e. The molecule has 0 radical (unpaired) electrons. The summed E-state index contributed by atoms with van der Waals surface area (Å²) in [6, 6.07) is -1.18. The monoisotopic (exact) mass is 298 g/mol. The molecule has 4 atom stereocenters. The molecular weight excluding hydrogens is 280 g/mol. The number of thioether (sulfide) groups is 1. The summed E-state index contributed by atoms with van der Waals surface area (Å²) in [5.74, 6) is -0.428. The summed E-state index contributed by atoms with van der Waals surface area (Å²) in [5, 5.41) is 9.60. The Balaban J connectivity index is 1.91. The quantitative estimate of drug-likeness (QED) is 0.746. The Kier molecular flexibility index (Phi) is 3.40. The predicted octanol–water partition coefficient (Wildman–Crippen LogP) is 0.167. The van der Waals surface area contributed by atoms with Crippen LogP contribution in [0.5, 0.6) is 0 Å². The molecule has 3 fully saturated rings. The molecule has 1 N–H and O–H groups in total. The Hall–Kier alpha value is -1.24. The van der Waals surface area contributed by atoms with E-state index < -0.39 is 18.1 Å². The maximum atomic E-state index is 12.7. The van der Waals surface area contributed by atoms with Gasteiger partial charge in [0.25, 0.3) is 0 Å². The number of carbonyl (C=O) groups is 3. The molecule has 3 saturated heterocycles. The van der Waals surface area contributed by atoms with Crippen LogP contribution < -0.4 is 0 Å². The smallest absolute Gasteiger partial charge is 0.326 e. The Morgan fingerprint density at radius 1 is 1.35 bits per heavy atom. The van der Waals surface area contributed by atoms with Gasteiger partial charge in [-0.15, -0.1) is 0 Å². The van der Waals surface area contributed by atoms with E-state index in [4.69, 9.17) is 0 Å². The first-order chi connectivity index (χ1) is 9.49. The van der Waals surface area contributed by atoms with Gasteiger partial charge in [0.05, 0.1) is 0 Å². The third kappa shape index (κ3) is 2.08. The van der Waals surface area contributed by atoms with E-state index >= 15 is 0 Å². The summed E-state index contributed by atoms with van der Waals surface area (Å²) in [5.41, 5.74) is 0. The van der Waals surface area contributed by atoms with Gasteiger partial charge in [-0.1, -0.05) is 0 Å². The number of carboxylic acids is 1. The molecule has 2 amide bonds. The van der Waals surface area contributed by atoms with Crippen LogP contribution in [-0.2, 0) is 14.4 Å². The third-order valence-corrected chi connectivity index (χ3v) is 5.91. The second-order valence-electron chi connectivity index (χ2n) is 5.71. The van der Waals surface area contributed by atoms with E-state index in [1.807, 2.05) is 0 Å². The summed E-state index contributed by atoms with van der Waals surface area (Å²) >= 11 is 1.77. The van der Waals surface area contributed by atoms with Gasteiger partial charge in [-0.05, 0) is 19.3 Å². The maximum absolute atomic E-state index is 12.7. The molecular formula is C13H18N2O4S. The Bertz CT molecular complexity index is 457. The van der Waals surface area contributed by atoms with E-state index in [2.05, 4.69) is 0 Å². The van der Waals surface area contributed by atoms with E-state index in [0.717, 1.165) is 12.2 Å². The highest BCUT2D eigenvalue weighted by atomic mass is 32.2. The molecule has 3 rings (SSSR count). The van der Waals surface area contributed by atoms with Gasteiger partial charge in [0, 0.05) is 30.5 Å². The van der Waals surface area contributed by atoms with Crippen LogP contribution in [0.2, 0.25) is 0 Å². The molecule has 7 heteroatoms. The van der Waals surface area contributed by atoms with Crippen LogP contribution in [0.1, 0.15) is 26.2 Å². The van der Waals surface area contributed by atoms with E-state index in [1.54, 1.807) is 16.7 Å². The number of likely N-dealkylation sites (tertiary alicyclic amines) is 1. The fourth-order valence-electron chi connectivity index (χ4n) is 3.54. The van der Waals surface area contributed by atoms with Crippen molar-refractivity contribution in [1.82, 2.24) is 9.80 Å². The molecule has 0 aromatic rings. The SMILES string of the molecule is CC(=O)N1C[C@@H]2C[C@H]1C(=O)N1[C@@H](CC[C@H]1C(=O)O)CS2. The Morgan fingerprint density at radius 2 is 2.10 bits per heavy atom. The number of amides is 2. The summed E-state index contributed by atoms with van der Waals surface area (Å²) in [6.45, 7) is 2.08. The summed E-state index contributed by atoms with van der Waals surface area (Å²) in [4.78, 5) is 38.9. The number of hydrogen-bond acceptors (Lipinski definition) is 4. The third-order valence-electron chi connectivity index (χ3n) is 4.52. The Morgan fingerprint density at radius 3 is 2.75 bits per heavy atom. The van der Waals surface area contributed by atoms with Crippen molar-refractivity contribution in [3.63, 3.8) is 0 Å². The second-order valence-corrected chi connectivity index (χ2v) is 7.04. The van der Waals surface area contributed by atoms with Crippen LogP contribution >= 0.6 is 11.8 Å². The summed E-state index contributed by atoms with van der Waals surface area (Å²) < 4.78 is 0. The minimum atomic E-state index is -0.935. The topological polar surface area (TPSA) is 77.9 Å². The van der Waals surface area contributed by atoms with Gasteiger partial charge in [-0.2, -0.15) is 11.8 Å². The molecule has 6 nitrogen and oxygen atoms in total. The number of carboxylic acid groups (broad SMARTS) is 1. The number of fused-ring (bicyclic) bond motifs is 3. The number of hydrogen-bond donors (Lipinski definition) is 1. The fourth-order valence-corrected chi connectivity index (χ4v) is 4.95. The minimum absolute atomic E-state index is 0.00538. The lowest BCUT2D eigenvalue weighted by molar-refractivity contribution is -0.152. The fraction of sp³-hybridized carbons (Fsp3) is 0.769. The molecule has 20 heavy (non-hydrogen) atoms. The average molecular weight is 298 g/mol. The molecule has 0 saturated carbocycles. The van der Waals surface area contributed by atoms with Crippen LogP contribution in [0.3, 0.4) is 0 Å². The van der Waals surface area contributed by atoms with Crippen molar-refractivity contribution in [1.29, 1.82) is 0 Å². The van der Waals surface area contributed by atoms with E-state index in [-0.39, 0.29) is 17.9 Å². The van der Waals surface area contributed by atoms with Crippen LogP contribution in [0.25, 0.3) is 0 Å².